The number of rotatable bonds is 6. The van der Waals surface area contributed by atoms with Crippen LogP contribution in [0.1, 0.15) is 26.5 Å². The number of aliphatic carboxylic acids is 1. The normalized spacial score (nSPS) is 13.9. The lowest BCUT2D eigenvalue weighted by Crippen LogP contribution is -2.47. The van der Waals surface area contributed by atoms with Gasteiger partial charge in [-0.2, -0.15) is 0 Å². The fourth-order valence-electron chi connectivity index (χ4n) is 1.97. The maximum atomic E-state index is 12.1. The van der Waals surface area contributed by atoms with Gasteiger partial charge in [0.05, 0.1) is 6.61 Å². The van der Waals surface area contributed by atoms with Crippen molar-refractivity contribution in [3.05, 3.63) is 30.1 Å². The number of esters is 1. The summed E-state index contributed by atoms with van der Waals surface area (Å²) >= 11 is 0. The van der Waals surface area contributed by atoms with Crippen molar-refractivity contribution >= 4 is 11.9 Å². The lowest BCUT2D eigenvalue weighted by molar-refractivity contribution is -0.172. The third-order valence-electron chi connectivity index (χ3n) is 3.19. The van der Waals surface area contributed by atoms with Gasteiger partial charge >= 0.3 is 11.9 Å². The molecular weight excluding hydrogens is 246 g/mol. The molecule has 0 aromatic carbocycles. The predicted octanol–water partition coefficient (Wildman–Crippen LogP) is 1.91. The second kappa shape index (κ2) is 6.31. The Balaban J connectivity index is 3.17. The number of hydrogen-bond acceptors (Lipinski definition) is 4. The summed E-state index contributed by atoms with van der Waals surface area (Å²) in [6.45, 7) is 5.22. The van der Waals surface area contributed by atoms with Crippen LogP contribution in [0.3, 0.4) is 0 Å². The highest BCUT2D eigenvalue weighted by Crippen LogP contribution is 2.33. The third-order valence-corrected chi connectivity index (χ3v) is 3.19. The monoisotopic (exact) mass is 265 g/mol. The molecule has 0 bridgehead atoms. The van der Waals surface area contributed by atoms with Gasteiger partial charge in [-0.25, -0.2) is 0 Å². The molecule has 1 aromatic heterocycles. The Morgan fingerprint density at radius 3 is 2.53 bits per heavy atom. The Labute approximate surface area is 112 Å². The smallest absolute Gasteiger partial charge is 0.324 e. The number of pyridine rings is 1. The molecule has 0 radical (unpaired) electrons. The van der Waals surface area contributed by atoms with Crippen LogP contribution in [0.25, 0.3) is 0 Å². The van der Waals surface area contributed by atoms with Gasteiger partial charge in [-0.05, 0) is 25.0 Å². The molecule has 1 unspecified atom stereocenters. The van der Waals surface area contributed by atoms with Crippen LogP contribution < -0.4 is 0 Å². The molecule has 1 rings (SSSR count). The van der Waals surface area contributed by atoms with Crippen molar-refractivity contribution in [1.29, 1.82) is 0 Å². The van der Waals surface area contributed by atoms with E-state index in [0.717, 1.165) is 0 Å². The molecule has 0 aliphatic rings. The van der Waals surface area contributed by atoms with E-state index in [9.17, 15) is 14.7 Å². The van der Waals surface area contributed by atoms with Crippen LogP contribution in [-0.2, 0) is 20.7 Å². The van der Waals surface area contributed by atoms with Gasteiger partial charge in [-0.1, -0.05) is 19.9 Å². The van der Waals surface area contributed by atoms with Gasteiger partial charge in [0.1, 0.15) is 0 Å². The average Bonchev–Trinajstić information content (AvgIpc) is 2.36. The highest BCUT2D eigenvalue weighted by atomic mass is 16.5. The van der Waals surface area contributed by atoms with Gasteiger partial charge in [-0.3, -0.25) is 14.6 Å². The topological polar surface area (TPSA) is 76.5 Å². The van der Waals surface area contributed by atoms with Crippen molar-refractivity contribution < 1.29 is 19.4 Å². The molecule has 0 saturated carbocycles. The van der Waals surface area contributed by atoms with Gasteiger partial charge < -0.3 is 9.84 Å². The molecule has 0 fully saturated rings. The zero-order valence-electron chi connectivity index (χ0n) is 11.4. The van der Waals surface area contributed by atoms with Gasteiger partial charge in [0, 0.05) is 18.3 Å². The highest BCUT2D eigenvalue weighted by molar-refractivity contribution is 5.99. The van der Waals surface area contributed by atoms with E-state index in [-0.39, 0.29) is 13.0 Å². The fraction of sp³-hybridized carbons (Fsp3) is 0.500. The summed E-state index contributed by atoms with van der Waals surface area (Å²) in [5.74, 6) is -2.28. The van der Waals surface area contributed by atoms with E-state index < -0.39 is 23.3 Å². The molecule has 1 N–H and O–H groups in total. The number of hydrogen-bond donors (Lipinski definition) is 1. The van der Waals surface area contributed by atoms with Crippen molar-refractivity contribution in [2.75, 3.05) is 6.61 Å². The van der Waals surface area contributed by atoms with E-state index in [1.54, 1.807) is 45.2 Å². The van der Waals surface area contributed by atoms with Gasteiger partial charge in [0.2, 0.25) is 0 Å². The minimum absolute atomic E-state index is 0.0275. The van der Waals surface area contributed by atoms with Gasteiger partial charge in [0.25, 0.3) is 0 Å². The summed E-state index contributed by atoms with van der Waals surface area (Å²) in [7, 11) is 0. The molecule has 19 heavy (non-hydrogen) atoms. The zero-order chi connectivity index (χ0) is 14.5. The standard InChI is InChI=1S/C14H19NO4/c1-4-19-13(18)14(10(2)3,12(16)17)9-11-7-5-6-8-15-11/h5-8,10H,4,9H2,1-3H3,(H,16,17). The summed E-state index contributed by atoms with van der Waals surface area (Å²) in [4.78, 5) is 27.9. The first-order valence-corrected chi connectivity index (χ1v) is 6.25. The Morgan fingerprint density at radius 2 is 2.11 bits per heavy atom. The molecule has 0 spiro atoms. The Morgan fingerprint density at radius 1 is 1.42 bits per heavy atom. The lowest BCUT2D eigenvalue weighted by Gasteiger charge is -2.30. The molecule has 1 aromatic rings. The van der Waals surface area contributed by atoms with Gasteiger partial charge in [-0.15, -0.1) is 0 Å². The maximum Gasteiger partial charge on any atom is 0.324 e. The average molecular weight is 265 g/mol. The summed E-state index contributed by atoms with van der Waals surface area (Å²) < 4.78 is 4.95. The minimum Gasteiger partial charge on any atom is -0.480 e. The summed E-state index contributed by atoms with van der Waals surface area (Å²) in [5, 5.41) is 9.52. The second-order valence-corrected chi connectivity index (χ2v) is 4.65. The van der Waals surface area contributed by atoms with Crippen molar-refractivity contribution in [3.8, 4) is 0 Å². The van der Waals surface area contributed by atoms with Crippen LogP contribution >= 0.6 is 0 Å². The number of carboxylic acids is 1. The summed E-state index contributed by atoms with van der Waals surface area (Å²) in [5.41, 5.74) is -1.03. The summed E-state index contributed by atoms with van der Waals surface area (Å²) in [6, 6.07) is 5.21. The molecule has 0 amide bonds. The number of carboxylic acid groups (broad SMARTS) is 1. The van der Waals surface area contributed by atoms with Crippen molar-refractivity contribution in [3.63, 3.8) is 0 Å². The molecule has 0 aliphatic heterocycles. The lowest BCUT2D eigenvalue weighted by atomic mass is 9.73. The van der Waals surface area contributed by atoms with Crippen molar-refractivity contribution in [2.24, 2.45) is 11.3 Å². The number of ether oxygens (including phenoxy) is 1. The van der Waals surface area contributed by atoms with Crippen LogP contribution in [0.15, 0.2) is 24.4 Å². The van der Waals surface area contributed by atoms with Crippen LogP contribution in [0.5, 0.6) is 0 Å². The number of aromatic nitrogens is 1. The van der Waals surface area contributed by atoms with E-state index in [0.29, 0.717) is 5.69 Å². The van der Waals surface area contributed by atoms with E-state index in [1.807, 2.05) is 0 Å². The number of nitrogens with zero attached hydrogens (tertiary/aromatic N) is 1. The molecule has 5 heteroatoms. The number of carbonyl (C=O) groups is 2. The Hall–Kier alpha value is -1.91. The van der Waals surface area contributed by atoms with E-state index in [1.165, 1.54) is 0 Å². The van der Waals surface area contributed by atoms with Crippen LogP contribution in [0.2, 0.25) is 0 Å². The SMILES string of the molecule is CCOC(=O)C(Cc1ccccn1)(C(=O)O)C(C)C. The van der Waals surface area contributed by atoms with E-state index in [2.05, 4.69) is 4.98 Å². The van der Waals surface area contributed by atoms with Gasteiger partial charge in [0.15, 0.2) is 5.41 Å². The molecule has 0 saturated heterocycles. The second-order valence-electron chi connectivity index (χ2n) is 4.65. The highest BCUT2D eigenvalue weighted by Gasteiger charge is 2.50. The molecule has 5 nitrogen and oxygen atoms in total. The van der Waals surface area contributed by atoms with Crippen LogP contribution in [-0.4, -0.2) is 28.6 Å². The van der Waals surface area contributed by atoms with Crippen LogP contribution in [0.4, 0.5) is 0 Å². The first-order valence-electron chi connectivity index (χ1n) is 6.25. The Kier molecular flexibility index (Phi) is 5.03. The molecule has 0 aliphatic carbocycles. The number of carbonyl (C=O) groups excluding carboxylic acids is 1. The van der Waals surface area contributed by atoms with Crippen LogP contribution in [0, 0.1) is 11.3 Å². The summed E-state index contributed by atoms with van der Waals surface area (Å²) in [6.07, 6.45) is 1.60. The molecule has 1 heterocycles. The van der Waals surface area contributed by atoms with E-state index >= 15 is 0 Å². The minimum atomic E-state index is -1.59. The first-order chi connectivity index (χ1) is 8.95. The fourth-order valence-corrected chi connectivity index (χ4v) is 1.97. The quantitative estimate of drug-likeness (QED) is 0.628. The Bertz CT molecular complexity index is 444. The first kappa shape index (κ1) is 15.1. The van der Waals surface area contributed by atoms with E-state index in [4.69, 9.17) is 4.74 Å². The molecule has 104 valence electrons. The predicted molar refractivity (Wildman–Crippen MR) is 69.5 cm³/mol. The third kappa shape index (κ3) is 3.10. The van der Waals surface area contributed by atoms with Crippen molar-refractivity contribution in [2.45, 2.75) is 27.2 Å². The largest absolute Gasteiger partial charge is 0.480 e. The molecule has 1 atom stereocenters. The molecular formula is C14H19NO4. The maximum absolute atomic E-state index is 12.1. The zero-order valence-corrected chi connectivity index (χ0v) is 11.4. The van der Waals surface area contributed by atoms with Crippen molar-refractivity contribution in [1.82, 2.24) is 4.98 Å².